The summed E-state index contributed by atoms with van der Waals surface area (Å²) in [6.45, 7) is 0.831. The van der Waals surface area contributed by atoms with E-state index in [9.17, 15) is 9.59 Å². The van der Waals surface area contributed by atoms with E-state index in [0.717, 1.165) is 25.7 Å². The third kappa shape index (κ3) is 3.19. The van der Waals surface area contributed by atoms with E-state index in [0.29, 0.717) is 18.7 Å². The quantitative estimate of drug-likeness (QED) is 0.755. The molecule has 1 aromatic rings. The SMILES string of the molecule is O=C(CN1CCCCCCC1=O)c1ccco1. The fourth-order valence-corrected chi connectivity index (χ4v) is 2.07. The molecule has 1 saturated heterocycles. The molecule has 0 N–H and O–H groups in total. The first-order valence-corrected chi connectivity index (χ1v) is 6.12. The molecule has 0 aliphatic carbocycles. The summed E-state index contributed by atoms with van der Waals surface area (Å²) < 4.78 is 5.04. The Morgan fingerprint density at radius 2 is 2.12 bits per heavy atom. The van der Waals surface area contributed by atoms with Crippen LogP contribution in [0, 0.1) is 0 Å². The molecule has 0 aromatic carbocycles. The van der Waals surface area contributed by atoms with E-state index in [-0.39, 0.29) is 18.2 Å². The largest absolute Gasteiger partial charge is 0.461 e. The second-order valence-corrected chi connectivity index (χ2v) is 4.38. The van der Waals surface area contributed by atoms with Crippen LogP contribution in [0.1, 0.15) is 42.7 Å². The van der Waals surface area contributed by atoms with Gasteiger partial charge in [0.2, 0.25) is 11.7 Å². The van der Waals surface area contributed by atoms with Gasteiger partial charge in [0.25, 0.3) is 0 Å². The molecule has 0 saturated carbocycles. The molecule has 1 aliphatic rings. The highest BCUT2D eigenvalue weighted by Crippen LogP contribution is 2.12. The summed E-state index contributed by atoms with van der Waals surface area (Å²) in [5.41, 5.74) is 0. The topological polar surface area (TPSA) is 50.5 Å². The van der Waals surface area contributed by atoms with Crippen LogP contribution in [0.3, 0.4) is 0 Å². The Kier molecular flexibility index (Phi) is 3.96. The number of nitrogens with zero attached hydrogens (tertiary/aromatic N) is 1. The summed E-state index contributed by atoms with van der Waals surface area (Å²) in [6, 6.07) is 3.32. The maximum absolute atomic E-state index is 11.8. The number of hydrogen-bond donors (Lipinski definition) is 0. The van der Waals surface area contributed by atoms with E-state index in [1.807, 2.05) is 0 Å². The lowest BCUT2D eigenvalue weighted by Gasteiger charge is -2.23. The van der Waals surface area contributed by atoms with Crippen molar-refractivity contribution in [3.05, 3.63) is 24.2 Å². The van der Waals surface area contributed by atoms with Crippen molar-refractivity contribution < 1.29 is 14.0 Å². The van der Waals surface area contributed by atoms with Gasteiger partial charge in [-0.05, 0) is 25.0 Å². The number of ketones is 1. The van der Waals surface area contributed by atoms with Crippen LogP contribution in [-0.2, 0) is 4.79 Å². The molecule has 92 valence electrons. The number of rotatable bonds is 3. The number of hydrogen-bond acceptors (Lipinski definition) is 3. The first-order valence-electron chi connectivity index (χ1n) is 6.12. The molecule has 2 heterocycles. The zero-order valence-corrected chi connectivity index (χ0v) is 9.85. The molecule has 1 amide bonds. The molecule has 1 aromatic heterocycles. The van der Waals surface area contributed by atoms with Crippen molar-refractivity contribution in [3.8, 4) is 0 Å². The fraction of sp³-hybridized carbons (Fsp3) is 0.538. The number of carbonyl (C=O) groups excluding carboxylic acids is 2. The Balaban J connectivity index is 1.95. The van der Waals surface area contributed by atoms with Crippen LogP contribution in [-0.4, -0.2) is 29.7 Å². The first-order chi connectivity index (χ1) is 8.27. The molecule has 0 atom stereocenters. The maximum atomic E-state index is 11.8. The minimum Gasteiger partial charge on any atom is -0.461 e. The van der Waals surface area contributed by atoms with Gasteiger partial charge in [-0.25, -0.2) is 0 Å². The maximum Gasteiger partial charge on any atom is 0.222 e. The predicted molar refractivity (Wildman–Crippen MR) is 62.7 cm³/mol. The van der Waals surface area contributed by atoms with Gasteiger partial charge in [-0.15, -0.1) is 0 Å². The molecule has 2 rings (SSSR count). The lowest BCUT2D eigenvalue weighted by molar-refractivity contribution is -0.131. The Hall–Kier alpha value is -1.58. The van der Waals surface area contributed by atoms with Crippen molar-refractivity contribution >= 4 is 11.7 Å². The average molecular weight is 235 g/mol. The number of furan rings is 1. The minimum absolute atomic E-state index is 0.0876. The van der Waals surface area contributed by atoms with Crippen LogP contribution >= 0.6 is 0 Å². The molecule has 0 unspecified atom stereocenters. The number of amides is 1. The molecule has 1 fully saturated rings. The first kappa shape index (κ1) is 11.9. The zero-order valence-electron chi connectivity index (χ0n) is 9.85. The van der Waals surface area contributed by atoms with Gasteiger partial charge in [-0.3, -0.25) is 9.59 Å². The van der Waals surface area contributed by atoms with Gasteiger partial charge in [0, 0.05) is 13.0 Å². The van der Waals surface area contributed by atoms with Gasteiger partial charge in [-0.1, -0.05) is 12.8 Å². The Morgan fingerprint density at radius 1 is 1.29 bits per heavy atom. The van der Waals surface area contributed by atoms with E-state index >= 15 is 0 Å². The van der Waals surface area contributed by atoms with Crippen LogP contribution in [0.15, 0.2) is 22.8 Å². The molecule has 1 aliphatic heterocycles. The van der Waals surface area contributed by atoms with Gasteiger partial charge < -0.3 is 9.32 Å². The molecule has 4 heteroatoms. The lowest BCUT2D eigenvalue weighted by Crippen LogP contribution is -2.37. The lowest BCUT2D eigenvalue weighted by atomic mass is 10.1. The molecule has 4 nitrogen and oxygen atoms in total. The van der Waals surface area contributed by atoms with Crippen LogP contribution in [0.25, 0.3) is 0 Å². The smallest absolute Gasteiger partial charge is 0.222 e. The number of carbonyl (C=O) groups is 2. The van der Waals surface area contributed by atoms with E-state index in [1.165, 1.54) is 6.26 Å². The molecule has 0 bridgehead atoms. The van der Waals surface area contributed by atoms with E-state index < -0.39 is 0 Å². The summed E-state index contributed by atoms with van der Waals surface area (Å²) in [6.07, 6.45) is 6.21. The molecular formula is C13H17NO3. The molecule has 0 spiro atoms. The monoisotopic (exact) mass is 235 g/mol. The standard InChI is InChI=1S/C13H17NO3/c15-11(12-6-5-9-17-12)10-14-8-4-2-1-3-7-13(14)16/h5-6,9H,1-4,7-8,10H2. The Bertz CT molecular complexity index is 383. The van der Waals surface area contributed by atoms with Crippen LogP contribution < -0.4 is 0 Å². The predicted octanol–water partition coefficient (Wildman–Crippen LogP) is 2.26. The van der Waals surface area contributed by atoms with Gasteiger partial charge >= 0.3 is 0 Å². The van der Waals surface area contributed by atoms with Gasteiger partial charge in [0.05, 0.1) is 12.8 Å². The number of Topliss-reactive ketones (excluding diaryl/α,β-unsaturated/α-hetero) is 1. The van der Waals surface area contributed by atoms with E-state index in [1.54, 1.807) is 17.0 Å². The second-order valence-electron chi connectivity index (χ2n) is 4.38. The van der Waals surface area contributed by atoms with Crippen molar-refractivity contribution in [2.75, 3.05) is 13.1 Å². The highest BCUT2D eigenvalue weighted by Gasteiger charge is 2.20. The minimum atomic E-state index is -0.121. The Morgan fingerprint density at radius 3 is 2.88 bits per heavy atom. The summed E-state index contributed by atoms with van der Waals surface area (Å²) in [5, 5.41) is 0. The van der Waals surface area contributed by atoms with Gasteiger partial charge in [0.1, 0.15) is 0 Å². The molecular weight excluding hydrogens is 218 g/mol. The average Bonchev–Trinajstić information content (AvgIpc) is 2.82. The highest BCUT2D eigenvalue weighted by molar-refractivity contribution is 5.97. The fourth-order valence-electron chi connectivity index (χ4n) is 2.07. The van der Waals surface area contributed by atoms with Crippen molar-refractivity contribution in [1.29, 1.82) is 0 Å². The summed E-state index contributed by atoms with van der Waals surface area (Å²) in [4.78, 5) is 25.3. The summed E-state index contributed by atoms with van der Waals surface area (Å²) in [5.74, 6) is 0.299. The number of likely N-dealkylation sites (tertiary alicyclic amines) is 1. The van der Waals surface area contributed by atoms with Crippen LogP contribution in [0.5, 0.6) is 0 Å². The van der Waals surface area contributed by atoms with E-state index in [4.69, 9.17) is 4.42 Å². The van der Waals surface area contributed by atoms with Crippen molar-refractivity contribution in [1.82, 2.24) is 4.90 Å². The van der Waals surface area contributed by atoms with Crippen molar-refractivity contribution in [3.63, 3.8) is 0 Å². The van der Waals surface area contributed by atoms with Crippen molar-refractivity contribution in [2.24, 2.45) is 0 Å². The summed E-state index contributed by atoms with van der Waals surface area (Å²) in [7, 11) is 0. The molecule has 17 heavy (non-hydrogen) atoms. The van der Waals surface area contributed by atoms with Crippen molar-refractivity contribution in [2.45, 2.75) is 32.1 Å². The molecule has 0 radical (unpaired) electrons. The normalized spacial score (nSPS) is 17.6. The zero-order chi connectivity index (χ0) is 12.1. The van der Waals surface area contributed by atoms with Gasteiger partial charge in [-0.2, -0.15) is 0 Å². The van der Waals surface area contributed by atoms with E-state index in [2.05, 4.69) is 0 Å². The highest BCUT2D eigenvalue weighted by atomic mass is 16.3. The third-order valence-electron chi connectivity index (χ3n) is 3.05. The third-order valence-corrected chi connectivity index (χ3v) is 3.05. The van der Waals surface area contributed by atoms with Crippen LogP contribution in [0.4, 0.5) is 0 Å². The van der Waals surface area contributed by atoms with Gasteiger partial charge in [0.15, 0.2) is 5.76 Å². The van der Waals surface area contributed by atoms with Crippen LogP contribution in [0.2, 0.25) is 0 Å². The second kappa shape index (κ2) is 5.66. The summed E-state index contributed by atoms with van der Waals surface area (Å²) >= 11 is 0. The Labute approximate surface area is 101 Å².